The summed E-state index contributed by atoms with van der Waals surface area (Å²) in [5.41, 5.74) is 5.70. The number of hydrogen-bond acceptors (Lipinski definition) is 7. The second-order valence-corrected chi connectivity index (χ2v) is 8.82. The maximum absolute atomic E-state index is 13.5. The van der Waals surface area contributed by atoms with E-state index >= 15 is 0 Å². The fourth-order valence-corrected chi connectivity index (χ4v) is 4.34. The average molecular weight is 487 g/mol. The van der Waals surface area contributed by atoms with E-state index in [4.69, 9.17) is 10.5 Å². The Hall–Kier alpha value is -3.44. The highest BCUT2D eigenvalue weighted by molar-refractivity contribution is 5.97. The van der Waals surface area contributed by atoms with Gasteiger partial charge in [-0.15, -0.1) is 0 Å². The monoisotopic (exact) mass is 486 g/mol. The number of ether oxygens (including phenoxy) is 1. The van der Waals surface area contributed by atoms with Crippen LogP contribution in [0.25, 0.3) is 0 Å². The van der Waals surface area contributed by atoms with Crippen LogP contribution in [0.5, 0.6) is 0 Å². The molecule has 190 valence electrons. The number of aromatic nitrogens is 2. The van der Waals surface area contributed by atoms with E-state index in [9.17, 15) is 19.2 Å². The Morgan fingerprint density at radius 1 is 1.20 bits per heavy atom. The molecule has 0 radical (unpaired) electrons. The molecule has 0 saturated carbocycles. The van der Waals surface area contributed by atoms with Crippen molar-refractivity contribution in [1.82, 2.24) is 19.4 Å². The van der Waals surface area contributed by atoms with Crippen molar-refractivity contribution in [3.63, 3.8) is 0 Å². The minimum atomic E-state index is -0.732. The predicted octanol–water partition coefficient (Wildman–Crippen LogP) is 0.0892. The number of carbonyl (C=O) groups excluding carboxylic acids is 2. The molecule has 1 aromatic heterocycles. The van der Waals surface area contributed by atoms with E-state index in [1.807, 2.05) is 35.2 Å². The largest absolute Gasteiger partial charge is 0.385 e. The summed E-state index contributed by atoms with van der Waals surface area (Å²) >= 11 is 0. The standard InChI is InChI=1S/C24H34N6O5/c1-27(2)23(33)18-11-7-12-28(18)16-19(31)29(13-8-14-35-3)20-21(25)30(24(34)26-22(20)32)15-17-9-5-4-6-10-17/h4-6,9-10,18H,7-8,11-16,25H2,1-3H3,(H,26,32,34). The number of likely N-dealkylation sites (tertiary alicyclic amines) is 1. The summed E-state index contributed by atoms with van der Waals surface area (Å²) in [5.74, 6) is -0.521. The molecule has 1 saturated heterocycles. The minimum Gasteiger partial charge on any atom is -0.385 e. The van der Waals surface area contributed by atoms with E-state index in [0.717, 1.165) is 12.0 Å². The number of nitrogen functional groups attached to an aromatic ring is 1. The number of benzene rings is 1. The summed E-state index contributed by atoms with van der Waals surface area (Å²) in [7, 11) is 4.93. The number of likely N-dealkylation sites (N-methyl/N-ethyl adjacent to an activating group) is 1. The first-order valence-corrected chi connectivity index (χ1v) is 11.7. The van der Waals surface area contributed by atoms with Crippen molar-refractivity contribution < 1.29 is 14.3 Å². The van der Waals surface area contributed by atoms with Gasteiger partial charge in [0.25, 0.3) is 5.56 Å². The van der Waals surface area contributed by atoms with Crippen LogP contribution >= 0.6 is 0 Å². The van der Waals surface area contributed by atoms with Crippen molar-refractivity contribution >= 4 is 23.3 Å². The molecule has 1 aliphatic heterocycles. The lowest BCUT2D eigenvalue weighted by molar-refractivity contribution is -0.134. The van der Waals surface area contributed by atoms with Crippen LogP contribution in [0.1, 0.15) is 24.8 Å². The fraction of sp³-hybridized carbons (Fsp3) is 0.500. The Morgan fingerprint density at radius 3 is 2.57 bits per heavy atom. The first-order chi connectivity index (χ1) is 16.7. The van der Waals surface area contributed by atoms with Crippen LogP contribution in [0.15, 0.2) is 39.9 Å². The highest BCUT2D eigenvalue weighted by Gasteiger charge is 2.34. The zero-order valence-corrected chi connectivity index (χ0v) is 20.5. The maximum Gasteiger partial charge on any atom is 0.330 e. The van der Waals surface area contributed by atoms with Gasteiger partial charge in [0.1, 0.15) is 5.82 Å². The molecule has 3 rings (SSSR count). The molecule has 35 heavy (non-hydrogen) atoms. The number of hydrogen-bond donors (Lipinski definition) is 2. The number of nitrogens with zero attached hydrogens (tertiary/aromatic N) is 4. The van der Waals surface area contributed by atoms with Gasteiger partial charge in [0, 0.05) is 34.4 Å². The van der Waals surface area contributed by atoms with Gasteiger partial charge in [0.2, 0.25) is 11.8 Å². The van der Waals surface area contributed by atoms with Crippen LogP contribution < -0.4 is 21.9 Å². The Labute approximate surface area is 204 Å². The molecule has 2 amide bonds. The Morgan fingerprint density at radius 2 is 1.91 bits per heavy atom. The molecule has 2 aromatic rings. The molecule has 2 heterocycles. The number of carbonyl (C=O) groups is 2. The molecule has 11 heteroatoms. The van der Waals surface area contributed by atoms with Gasteiger partial charge < -0.3 is 20.3 Å². The third-order valence-corrected chi connectivity index (χ3v) is 6.13. The molecule has 0 bridgehead atoms. The third kappa shape index (κ3) is 6.17. The lowest BCUT2D eigenvalue weighted by Crippen LogP contribution is -2.49. The number of methoxy groups -OCH3 is 1. The van der Waals surface area contributed by atoms with Gasteiger partial charge in [-0.25, -0.2) is 4.79 Å². The summed E-state index contributed by atoms with van der Waals surface area (Å²) in [4.78, 5) is 58.5. The molecule has 0 spiro atoms. The van der Waals surface area contributed by atoms with Gasteiger partial charge in [-0.2, -0.15) is 0 Å². The molecule has 1 aromatic carbocycles. The zero-order chi connectivity index (χ0) is 25.5. The van der Waals surface area contributed by atoms with Crippen LogP contribution in [0, 0.1) is 0 Å². The second kappa shape index (κ2) is 11.8. The minimum absolute atomic E-state index is 0.0477. The van der Waals surface area contributed by atoms with Crippen molar-refractivity contribution in [3.8, 4) is 0 Å². The predicted molar refractivity (Wildman–Crippen MR) is 133 cm³/mol. The van der Waals surface area contributed by atoms with Crippen molar-refractivity contribution in [2.45, 2.75) is 31.8 Å². The topological polar surface area (TPSA) is 134 Å². The molecule has 1 atom stereocenters. The van der Waals surface area contributed by atoms with E-state index < -0.39 is 17.3 Å². The first kappa shape index (κ1) is 26.2. The normalized spacial score (nSPS) is 15.8. The summed E-state index contributed by atoms with van der Waals surface area (Å²) in [5, 5.41) is 0. The second-order valence-electron chi connectivity index (χ2n) is 8.82. The number of anilines is 2. The SMILES string of the molecule is COCCCN(C(=O)CN1CCCC1C(=O)N(C)C)c1c(N)n(Cc2ccccc2)c(=O)[nH]c1=O. The van der Waals surface area contributed by atoms with Crippen LogP contribution in [0.3, 0.4) is 0 Å². The van der Waals surface area contributed by atoms with Crippen molar-refractivity contribution in [2.75, 3.05) is 58.1 Å². The molecular weight excluding hydrogens is 452 g/mol. The van der Waals surface area contributed by atoms with Crippen molar-refractivity contribution in [2.24, 2.45) is 0 Å². The number of nitrogens with one attached hydrogen (secondary N) is 1. The Balaban J connectivity index is 1.95. The van der Waals surface area contributed by atoms with E-state index in [1.54, 1.807) is 21.2 Å². The van der Waals surface area contributed by atoms with Crippen LogP contribution in [0.4, 0.5) is 11.5 Å². The fourth-order valence-electron chi connectivity index (χ4n) is 4.34. The highest BCUT2D eigenvalue weighted by Crippen LogP contribution is 2.22. The van der Waals surface area contributed by atoms with E-state index in [0.29, 0.717) is 26.0 Å². The van der Waals surface area contributed by atoms with E-state index in [2.05, 4.69) is 4.98 Å². The summed E-state index contributed by atoms with van der Waals surface area (Å²) < 4.78 is 6.37. The van der Waals surface area contributed by atoms with Crippen LogP contribution in [0.2, 0.25) is 0 Å². The molecular formula is C24H34N6O5. The Kier molecular flexibility index (Phi) is 8.83. The van der Waals surface area contributed by atoms with Crippen molar-refractivity contribution in [1.29, 1.82) is 0 Å². The number of amides is 2. The smallest absolute Gasteiger partial charge is 0.330 e. The highest BCUT2D eigenvalue weighted by atomic mass is 16.5. The quantitative estimate of drug-likeness (QED) is 0.455. The maximum atomic E-state index is 13.5. The van der Waals surface area contributed by atoms with Gasteiger partial charge in [0.15, 0.2) is 5.69 Å². The lowest BCUT2D eigenvalue weighted by atomic mass is 10.2. The lowest BCUT2D eigenvalue weighted by Gasteiger charge is -2.29. The Bertz CT molecular complexity index is 1140. The van der Waals surface area contributed by atoms with E-state index in [1.165, 1.54) is 14.4 Å². The zero-order valence-electron chi connectivity index (χ0n) is 20.5. The number of H-pyrrole nitrogens is 1. The molecule has 1 fully saturated rings. The molecule has 3 N–H and O–H groups in total. The first-order valence-electron chi connectivity index (χ1n) is 11.7. The van der Waals surface area contributed by atoms with Gasteiger partial charge in [-0.1, -0.05) is 30.3 Å². The molecule has 1 unspecified atom stereocenters. The van der Waals surface area contributed by atoms with Crippen LogP contribution in [-0.2, 0) is 20.9 Å². The van der Waals surface area contributed by atoms with Crippen LogP contribution in [-0.4, -0.2) is 84.7 Å². The van der Waals surface area contributed by atoms with Gasteiger partial charge >= 0.3 is 5.69 Å². The molecule has 11 nitrogen and oxygen atoms in total. The summed E-state index contributed by atoms with van der Waals surface area (Å²) in [6, 6.07) is 8.83. The summed E-state index contributed by atoms with van der Waals surface area (Å²) in [6.45, 7) is 1.23. The molecule has 1 aliphatic rings. The van der Waals surface area contributed by atoms with Crippen molar-refractivity contribution in [3.05, 3.63) is 56.7 Å². The number of aromatic amines is 1. The summed E-state index contributed by atoms with van der Waals surface area (Å²) in [6.07, 6.45) is 1.92. The van der Waals surface area contributed by atoms with Gasteiger partial charge in [-0.3, -0.25) is 28.8 Å². The molecule has 0 aliphatic carbocycles. The van der Waals surface area contributed by atoms with Gasteiger partial charge in [-0.05, 0) is 31.4 Å². The number of nitrogens with two attached hydrogens (primary N) is 1. The third-order valence-electron chi connectivity index (χ3n) is 6.13. The van der Waals surface area contributed by atoms with Gasteiger partial charge in [0.05, 0.1) is 19.1 Å². The number of rotatable bonds is 10. The van der Waals surface area contributed by atoms with E-state index in [-0.39, 0.29) is 43.0 Å². The average Bonchev–Trinajstić information content (AvgIpc) is 3.28.